The number of nitrogens with zero attached hydrogens (tertiary/aromatic N) is 1. The van der Waals surface area contributed by atoms with Crippen LogP contribution in [-0.2, 0) is 4.74 Å². The number of ether oxygens (including phenoxy) is 1. The van der Waals surface area contributed by atoms with Gasteiger partial charge in [0.1, 0.15) is 5.60 Å². The van der Waals surface area contributed by atoms with Crippen LogP contribution in [0.15, 0.2) is 0 Å². The van der Waals surface area contributed by atoms with Crippen molar-refractivity contribution in [1.82, 2.24) is 10.2 Å². The lowest BCUT2D eigenvalue weighted by molar-refractivity contribution is 0.0269. The Balaban J connectivity index is 1.68. The van der Waals surface area contributed by atoms with Crippen molar-refractivity contribution in [2.24, 2.45) is 17.3 Å². The van der Waals surface area contributed by atoms with Crippen molar-refractivity contribution in [2.45, 2.75) is 59.6 Å². The second kappa shape index (κ2) is 5.21. The van der Waals surface area contributed by atoms with E-state index >= 15 is 0 Å². The summed E-state index contributed by atoms with van der Waals surface area (Å²) in [4.78, 5) is 13.8. The van der Waals surface area contributed by atoms with Gasteiger partial charge in [0.2, 0.25) is 0 Å². The molecule has 2 unspecified atom stereocenters. The summed E-state index contributed by atoms with van der Waals surface area (Å²) in [5.74, 6) is 1.28. The average molecular weight is 282 g/mol. The number of carbonyl (C=O) groups excluding carboxylic acids is 1. The predicted molar refractivity (Wildman–Crippen MR) is 80.6 cm³/mol. The zero-order valence-corrected chi connectivity index (χ0v) is 13.8. The number of rotatable bonds is 3. The van der Waals surface area contributed by atoms with Gasteiger partial charge in [-0.05, 0) is 51.0 Å². The Labute approximate surface area is 123 Å². The van der Waals surface area contributed by atoms with E-state index in [1.807, 2.05) is 25.7 Å². The van der Waals surface area contributed by atoms with Gasteiger partial charge in [-0.3, -0.25) is 0 Å². The average Bonchev–Trinajstić information content (AvgIpc) is 2.69. The topological polar surface area (TPSA) is 41.6 Å². The lowest BCUT2D eigenvalue weighted by atomic mass is 9.92. The fourth-order valence-corrected chi connectivity index (χ4v) is 2.92. The highest BCUT2D eigenvalue weighted by Gasteiger charge is 2.56. The summed E-state index contributed by atoms with van der Waals surface area (Å²) in [6, 6.07) is 0.621. The van der Waals surface area contributed by atoms with Crippen molar-refractivity contribution in [3.05, 3.63) is 0 Å². The van der Waals surface area contributed by atoms with Crippen molar-refractivity contribution in [1.29, 1.82) is 0 Å². The number of hydrogen-bond acceptors (Lipinski definition) is 3. The summed E-state index contributed by atoms with van der Waals surface area (Å²) in [5.41, 5.74) is -0.00618. The maximum absolute atomic E-state index is 12.0. The number of hydrogen-bond donors (Lipinski definition) is 1. The highest BCUT2D eigenvalue weighted by Crippen LogP contribution is 2.45. The van der Waals surface area contributed by atoms with Crippen molar-refractivity contribution in [3.8, 4) is 0 Å². The zero-order chi connectivity index (χ0) is 15.1. The van der Waals surface area contributed by atoms with Gasteiger partial charge < -0.3 is 15.0 Å². The second-order valence-corrected chi connectivity index (χ2v) is 8.50. The Morgan fingerprint density at radius 3 is 2.15 bits per heavy atom. The molecule has 1 amide bonds. The SMILES string of the molecule is CC(C)(C)CCNC1C2CN(C(=O)OC(C)(C)C)CC21. The Bertz CT molecular complexity index is 356. The van der Waals surface area contributed by atoms with Crippen LogP contribution in [0.25, 0.3) is 0 Å². The minimum Gasteiger partial charge on any atom is -0.444 e. The molecule has 1 aliphatic heterocycles. The molecule has 2 rings (SSSR count). The van der Waals surface area contributed by atoms with E-state index in [4.69, 9.17) is 4.74 Å². The summed E-state index contributed by atoms with van der Waals surface area (Å²) in [7, 11) is 0. The Hall–Kier alpha value is -0.770. The van der Waals surface area contributed by atoms with Crippen LogP contribution in [0.3, 0.4) is 0 Å². The molecule has 0 aromatic heterocycles. The summed E-state index contributed by atoms with van der Waals surface area (Å²) < 4.78 is 5.42. The van der Waals surface area contributed by atoms with Crippen molar-refractivity contribution in [3.63, 3.8) is 0 Å². The van der Waals surface area contributed by atoms with E-state index in [1.165, 1.54) is 6.42 Å². The smallest absolute Gasteiger partial charge is 0.410 e. The van der Waals surface area contributed by atoms with Crippen LogP contribution in [0.2, 0.25) is 0 Å². The normalized spacial score (nSPS) is 29.3. The van der Waals surface area contributed by atoms with Crippen molar-refractivity contribution >= 4 is 6.09 Å². The van der Waals surface area contributed by atoms with Crippen LogP contribution >= 0.6 is 0 Å². The Kier molecular flexibility index (Phi) is 4.07. The fraction of sp³-hybridized carbons (Fsp3) is 0.938. The monoisotopic (exact) mass is 282 g/mol. The van der Waals surface area contributed by atoms with Gasteiger partial charge in [-0.25, -0.2) is 4.79 Å². The quantitative estimate of drug-likeness (QED) is 0.865. The molecule has 0 aromatic rings. The molecule has 1 saturated carbocycles. The van der Waals surface area contributed by atoms with Crippen LogP contribution in [0.4, 0.5) is 4.79 Å². The summed E-state index contributed by atoms with van der Waals surface area (Å²) in [6.45, 7) is 15.3. The molecule has 1 N–H and O–H groups in total. The molecule has 1 saturated heterocycles. The molecule has 1 heterocycles. The zero-order valence-electron chi connectivity index (χ0n) is 13.8. The van der Waals surface area contributed by atoms with Gasteiger partial charge in [0.25, 0.3) is 0 Å². The lowest BCUT2D eigenvalue weighted by Crippen LogP contribution is -2.39. The molecule has 2 fully saturated rings. The molecule has 0 spiro atoms. The van der Waals surface area contributed by atoms with Crippen molar-refractivity contribution in [2.75, 3.05) is 19.6 Å². The highest BCUT2D eigenvalue weighted by atomic mass is 16.6. The van der Waals surface area contributed by atoms with E-state index in [0.717, 1.165) is 19.6 Å². The van der Waals surface area contributed by atoms with Gasteiger partial charge in [0, 0.05) is 19.1 Å². The van der Waals surface area contributed by atoms with Gasteiger partial charge in [-0.15, -0.1) is 0 Å². The first-order chi connectivity index (χ1) is 9.07. The molecular weight excluding hydrogens is 252 g/mol. The number of amides is 1. The van der Waals surface area contributed by atoms with Gasteiger partial charge in [-0.1, -0.05) is 20.8 Å². The largest absolute Gasteiger partial charge is 0.444 e. The second-order valence-electron chi connectivity index (χ2n) is 8.50. The Morgan fingerprint density at radius 2 is 1.70 bits per heavy atom. The van der Waals surface area contributed by atoms with E-state index in [-0.39, 0.29) is 6.09 Å². The highest BCUT2D eigenvalue weighted by molar-refractivity contribution is 5.69. The number of carbonyl (C=O) groups is 1. The van der Waals surface area contributed by atoms with E-state index in [1.54, 1.807) is 0 Å². The van der Waals surface area contributed by atoms with Gasteiger partial charge in [0.15, 0.2) is 0 Å². The minimum absolute atomic E-state index is 0.154. The third-order valence-electron chi connectivity index (χ3n) is 4.10. The molecule has 0 bridgehead atoms. The molecular formula is C16H30N2O2. The molecule has 0 radical (unpaired) electrons. The third-order valence-corrected chi connectivity index (χ3v) is 4.10. The van der Waals surface area contributed by atoms with Crippen LogP contribution < -0.4 is 5.32 Å². The molecule has 2 atom stereocenters. The van der Waals surface area contributed by atoms with E-state index in [0.29, 0.717) is 23.3 Å². The molecule has 0 aromatic carbocycles. The fourth-order valence-electron chi connectivity index (χ4n) is 2.92. The van der Waals surface area contributed by atoms with Gasteiger partial charge >= 0.3 is 6.09 Å². The molecule has 116 valence electrons. The summed E-state index contributed by atoms with van der Waals surface area (Å²) in [6.07, 6.45) is 1.04. The molecule has 2 aliphatic rings. The molecule has 4 heteroatoms. The van der Waals surface area contributed by atoms with Crippen molar-refractivity contribution < 1.29 is 9.53 Å². The number of nitrogens with one attached hydrogen (secondary N) is 1. The third kappa shape index (κ3) is 4.11. The molecule has 1 aliphatic carbocycles. The predicted octanol–water partition coefficient (Wildman–Crippen LogP) is 2.88. The maximum atomic E-state index is 12.0. The molecule has 20 heavy (non-hydrogen) atoms. The minimum atomic E-state index is -0.395. The number of likely N-dealkylation sites (tertiary alicyclic amines) is 1. The lowest BCUT2D eigenvalue weighted by Gasteiger charge is -2.26. The number of piperidine rings is 1. The number of fused-ring (bicyclic) bond motifs is 1. The standard InChI is InChI=1S/C16H30N2O2/c1-15(2,3)7-8-17-13-11-9-18(10-12(11)13)14(19)20-16(4,5)6/h11-13,17H,7-10H2,1-6H3. The Morgan fingerprint density at radius 1 is 1.15 bits per heavy atom. The van der Waals surface area contributed by atoms with Crippen LogP contribution in [0.5, 0.6) is 0 Å². The first kappa shape index (κ1) is 15.6. The maximum Gasteiger partial charge on any atom is 0.410 e. The summed E-state index contributed by atoms with van der Waals surface area (Å²) in [5, 5.41) is 3.64. The van der Waals surface area contributed by atoms with E-state index < -0.39 is 5.60 Å². The van der Waals surface area contributed by atoms with E-state index in [9.17, 15) is 4.79 Å². The first-order valence-corrected chi connectivity index (χ1v) is 7.78. The van der Waals surface area contributed by atoms with Gasteiger partial charge in [0.05, 0.1) is 0 Å². The van der Waals surface area contributed by atoms with E-state index in [2.05, 4.69) is 26.1 Å². The molecule has 4 nitrogen and oxygen atoms in total. The van der Waals surface area contributed by atoms with Gasteiger partial charge in [-0.2, -0.15) is 0 Å². The van der Waals surface area contributed by atoms with Crippen LogP contribution in [0.1, 0.15) is 48.0 Å². The van der Waals surface area contributed by atoms with Crippen LogP contribution in [-0.4, -0.2) is 42.3 Å². The first-order valence-electron chi connectivity index (χ1n) is 7.78. The van der Waals surface area contributed by atoms with Crippen LogP contribution in [0, 0.1) is 17.3 Å². The summed E-state index contributed by atoms with van der Waals surface area (Å²) >= 11 is 0.